The minimum absolute atomic E-state index is 0. The van der Waals surface area contributed by atoms with Gasteiger partial charge in [-0.25, -0.2) is 4.57 Å². The molecule has 0 fully saturated rings. The molecule has 0 amide bonds. The summed E-state index contributed by atoms with van der Waals surface area (Å²) in [5.41, 5.74) is 5.08. The monoisotopic (exact) mass is 479 g/mol. The highest BCUT2D eigenvalue weighted by Gasteiger charge is 2.15. The number of methoxy groups -OCH3 is 1. The molecule has 0 saturated heterocycles. The van der Waals surface area contributed by atoms with E-state index in [1.54, 1.807) is 7.11 Å². The molecule has 33 heavy (non-hydrogen) atoms. The Balaban J connectivity index is 0.00000306. The average Bonchev–Trinajstić information content (AvgIpc) is 3.21. The van der Waals surface area contributed by atoms with Crippen LogP contribution in [0, 0.1) is 0 Å². The number of aryl methyl sites for hydroxylation is 1. The normalized spacial score (nSPS) is 10.6. The fourth-order valence-electron chi connectivity index (χ4n) is 3.22. The molecule has 0 spiro atoms. The number of rotatable bonds is 9. The molecule has 0 aliphatic rings. The van der Waals surface area contributed by atoms with Crippen LogP contribution in [0.1, 0.15) is 11.1 Å². The summed E-state index contributed by atoms with van der Waals surface area (Å²) < 4.78 is 7.21. The van der Waals surface area contributed by atoms with Crippen molar-refractivity contribution in [1.82, 2.24) is 0 Å². The smallest absolute Gasteiger partial charge is 0.411 e. The van der Waals surface area contributed by atoms with Gasteiger partial charge in [0.2, 0.25) is 5.06 Å². The maximum Gasteiger partial charge on any atom is 0.411 e. The van der Waals surface area contributed by atoms with Crippen LogP contribution < -0.4 is 32.3 Å². The first-order valence-electron chi connectivity index (χ1n) is 10.4. The Morgan fingerprint density at radius 3 is 2.06 bits per heavy atom. The second kappa shape index (κ2) is 12.0. The second-order valence-corrected chi connectivity index (χ2v) is 8.20. The van der Waals surface area contributed by atoms with Crippen LogP contribution in [0.2, 0.25) is 0 Å². The van der Waals surface area contributed by atoms with Crippen molar-refractivity contribution < 1.29 is 21.7 Å². The van der Waals surface area contributed by atoms with Crippen LogP contribution in [0.15, 0.2) is 95.3 Å². The zero-order valence-corrected chi connectivity index (χ0v) is 20.1. The molecule has 1 aromatic heterocycles. The van der Waals surface area contributed by atoms with Gasteiger partial charge in [-0.1, -0.05) is 66.7 Å². The zero-order chi connectivity index (χ0) is 22.2. The number of azo groups is 1. The van der Waals surface area contributed by atoms with E-state index in [1.807, 2.05) is 66.3 Å². The first-order valence-corrected chi connectivity index (χ1v) is 11.2. The molecule has 170 valence electrons. The van der Waals surface area contributed by atoms with E-state index < -0.39 is 0 Å². The fourth-order valence-corrected chi connectivity index (χ4v) is 3.97. The molecule has 0 aliphatic carbocycles. The van der Waals surface area contributed by atoms with Gasteiger partial charge in [-0.2, -0.15) is 0 Å². The van der Waals surface area contributed by atoms with Gasteiger partial charge in [0.1, 0.15) is 11.9 Å². The molecule has 0 saturated carbocycles. The van der Waals surface area contributed by atoms with Crippen molar-refractivity contribution in [1.29, 1.82) is 0 Å². The summed E-state index contributed by atoms with van der Waals surface area (Å²) in [6.45, 7) is 1.41. The third kappa shape index (κ3) is 6.54. The first-order chi connectivity index (χ1) is 15.7. The van der Waals surface area contributed by atoms with Crippen LogP contribution >= 0.6 is 11.3 Å². The van der Waals surface area contributed by atoms with Crippen molar-refractivity contribution in [3.63, 3.8) is 0 Å². The van der Waals surface area contributed by atoms with E-state index in [-0.39, 0.29) is 12.4 Å². The summed E-state index contributed by atoms with van der Waals surface area (Å²) in [5, 5.41) is 17.7. The number of benzene rings is 3. The molecular weight excluding hydrogens is 454 g/mol. The predicted octanol–water partition coefficient (Wildman–Crippen LogP) is 3.22. The largest absolute Gasteiger partial charge is 1.00 e. The van der Waals surface area contributed by atoms with Crippen molar-refractivity contribution in [2.24, 2.45) is 17.3 Å². The fraction of sp³-hybridized carbons (Fsp3) is 0.160. The summed E-state index contributed by atoms with van der Waals surface area (Å²) in [7, 11) is 3.58. The predicted molar refractivity (Wildman–Crippen MR) is 130 cm³/mol. The number of nitrogens with zero attached hydrogens (tertiary/aromatic N) is 3. The Morgan fingerprint density at radius 1 is 0.818 bits per heavy atom. The van der Waals surface area contributed by atoms with Crippen LogP contribution in [0.5, 0.6) is 5.06 Å². The van der Waals surface area contributed by atoms with E-state index in [2.05, 4.69) is 51.2 Å². The Bertz CT molecular complexity index is 1180. The van der Waals surface area contributed by atoms with E-state index in [4.69, 9.17) is 4.74 Å². The highest BCUT2D eigenvalue weighted by molar-refractivity contribution is 7.16. The SMILES string of the molecule is COc1c[n+](C)c(N=Nc2cccc(NCc3ccccc3)c2NCc2ccccc2)s1.[Cl-]. The summed E-state index contributed by atoms with van der Waals surface area (Å²) >= 11 is 1.45. The summed E-state index contributed by atoms with van der Waals surface area (Å²) in [4.78, 5) is 0. The van der Waals surface area contributed by atoms with Crippen LogP contribution in [-0.4, -0.2) is 7.11 Å². The van der Waals surface area contributed by atoms with E-state index in [1.165, 1.54) is 22.5 Å². The van der Waals surface area contributed by atoms with E-state index in [0.717, 1.165) is 33.8 Å². The molecule has 0 radical (unpaired) electrons. The van der Waals surface area contributed by atoms with Crippen molar-refractivity contribution in [2.75, 3.05) is 17.7 Å². The summed E-state index contributed by atoms with van der Waals surface area (Å²) in [6.07, 6.45) is 1.89. The molecular formula is C25H26ClN5OS. The Hall–Kier alpha value is -3.42. The highest BCUT2D eigenvalue weighted by atomic mass is 35.5. The number of hydrogen-bond acceptors (Lipinski definition) is 6. The topological polar surface area (TPSA) is 61.9 Å². The van der Waals surface area contributed by atoms with Crippen LogP contribution in [0.25, 0.3) is 0 Å². The molecule has 6 nitrogen and oxygen atoms in total. The quantitative estimate of drug-likeness (QED) is 0.286. The van der Waals surface area contributed by atoms with Crippen molar-refractivity contribution in [2.45, 2.75) is 13.1 Å². The molecule has 2 N–H and O–H groups in total. The number of nitrogens with one attached hydrogen (secondary N) is 2. The van der Waals surface area contributed by atoms with Gasteiger partial charge in [-0.15, -0.1) is 0 Å². The number of aromatic nitrogens is 1. The van der Waals surface area contributed by atoms with Crippen LogP contribution in [0.3, 0.4) is 0 Å². The lowest BCUT2D eigenvalue weighted by molar-refractivity contribution is -0.654. The Morgan fingerprint density at radius 2 is 1.45 bits per heavy atom. The van der Waals surface area contributed by atoms with Gasteiger partial charge in [0.25, 0.3) is 0 Å². The molecule has 0 atom stereocenters. The molecule has 3 aromatic carbocycles. The van der Waals surface area contributed by atoms with Gasteiger partial charge >= 0.3 is 5.13 Å². The van der Waals surface area contributed by atoms with E-state index in [0.29, 0.717) is 6.54 Å². The average molecular weight is 480 g/mol. The molecule has 0 unspecified atom stereocenters. The number of anilines is 2. The Labute approximate surface area is 204 Å². The minimum Gasteiger partial charge on any atom is -1.00 e. The van der Waals surface area contributed by atoms with Gasteiger partial charge in [0, 0.05) is 13.1 Å². The van der Waals surface area contributed by atoms with Crippen molar-refractivity contribution in [3.8, 4) is 5.06 Å². The molecule has 0 bridgehead atoms. The lowest BCUT2D eigenvalue weighted by Crippen LogP contribution is -3.00. The van der Waals surface area contributed by atoms with E-state index >= 15 is 0 Å². The maximum atomic E-state index is 5.31. The molecule has 4 aromatic rings. The lowest BCUT2D eigenvalue weighted by Gasteiger charge is -2.15. The standard InChI is InChI=1S/C25H25N5OS.ClH/c1-30-18-23(31-2)32-25(30)29-28-22-15-9-14-21(26-16-19-10-5-3-6-11-19)24(22)27-17-20-12-7-4-8-13-20;/h3-15,18H,16-17H2,1-2H3,(H,26,28);1H. The van der Waals surface area contributed by atoms with Crippen LogP contribution in [0.4, 0.5) is 22.2 Å². The van der Waals surface area contributed by atoms with Gasteiger partial charge in [-0.3, -0.25) is 0 Å². The number of halogens is 1. The molecule has 1 heterocycles. The maximum absolute atomic E-state index is 5.31. The molecule has 4 rings (SSSR count). The first kappa shape index (κ1) is 24.2. The summed E-state index contributed by atoms with van der Waals surface area (Å²) in [6, 6.07) is 26.7. The van der Waals surface area contributed by atoms with Crippen LogP contribution in [-0.2, 0) is 20.1 Å². The molecule has 0 aliphatic heterocycles. The van der Waals surface area contributed by atoms with Gasteiger partial charge < -0.3 is 27.8 Å². The summed E-state index contributed by atoms with van der Waals surface area (Å²) in [5.74, 6) is 0. The molecule has 8 heteroatoms. The van der Waals surface area contributed by atoms with Gasteiger partial charge in [0.05, 0.1) is 30.6 Å². The highest BCUT2D eigenvalue weighted by Crippen LogP contribution is 2.35. The number of thiazole rings is 1. The lowest BCUT2D eigenvalue weighted by atomic mass is 10.1. The van der Waals surface area contributed by atoms with E-state index in [9.17, 15) is 0 Å². The van der Waals surface area contributed by atoms with Gasteiger partial charge in [-0.05, 0) is 39.7 Å². The minimum atomic E-state index is 0. The number of hydrogen-bond donors (Lipinski definition) is 2. The number of ether oxygens (including phenoxy) is 1. The number of para-hydroxylation sites is 1. The second-order valence-electron chi connectivity index (χ2n) is 7.23. The van der Waals surface area contributed by atoms with Crippen molar-refractivity contribution in [3.05, 3.63) is 96.2 Å². The third-order valence-corrected chi connectivity index (χ3v) is 5.94. The van der Waals surface area contributed by atoms with Gasteiger partial charge in [0.15, 0.2) is 0 Å². The third-order valence-electron chi connectivity index (χ3n) is 4.92. The van der Waals surface area contributed by atoms with Crippen molar-refractivity contribution >= 4 is 33.5 Å². The zero-order valence-electron chi connectivity index (χ0n) is 18.5. The Kier molecular flexibility index (Phi) is 8.80.